The van der Waals surface area contributed by atoms with Gasteiger partial charge in [-0.1, -0.05) is 58.0 Å². The molecule has 2 heterocycles. The average molecular weight is 470 g/mol. The molecule has 6 rings (SSSR count). The maximum atomic E-state index is 13.9. The molecule has 0 fully saturated rings. The van der Waals surface area contributed by atoms with Crippen LogP contribution in [0.25, 0.3) is 0 Å². The molecule has 0 saturated carbocycles. The summed E-state index contributed by atoms with van der Waals surface area (Å²) in [4.78, 5) is 30.1. The van der Waals surface area contributed by atoms with E-state index in [0.717, 1.165) is 46.6 Å². The van der Waals surface area contributed by atoms with Gasteiger partial charge >= 0.3 is 0 Å². The van der Waals surface area contributed by atoms with Gasteiger partial charge in [0.1, 0.15) is 0 Å². The van der Waals surface area contributed by atoms with E-state index in [1.807, 2.05) is 36.4 Å². The number of ether oxygens (including phenoxy) is 2. The van der Waals surface area contributed by atoms with E-state index in [2.05, 4.69) is 44.7 Å². The molecular formula is C30H31NO4. The number of ketones is 2. The molecule has 5 nitrogen and oxygen atoms in total. The van der Waals surface area contributed by atoms with Crippen molar-refractivity contribution in [3.63, 3.8) is 0 Å². The number of benzene rings is 2. The summed E-state index contributed by atoms with van der Waals surface area (Å²) in [5, 5.41) is 0. The van der Waals surface area contributed by atoms with Gasteiger partial charge in [0.25, 0.3) is 0 Å². The number of hydrogen-bond donors (Lipinski definition) is 0. The topological polar surface area (TPSA) is 55.8 Å². The van der Waals surface area contributed by atoms with Gasteiger partial charge in [0.05, 0.1) is 0 Å². The predicted octanol–water partition coefficient (Wildman–Crippen LogP) is 6.31. The second kappa shape index (κ2) is 7.58. The van der Waals surface area contributed by atoms with Crippen LogP contribution in [0, 0.1) is 10.8 Å². The number of para-hydroxylation sites is 2. The fourth-order valence-corrected chi connectivity index (χ4v) is 6.34. The lowest BCUT2D eigenvalue weighted by atomic mass is 9.63. The zero-order valence-electron chi connectivity index (χ0n) is 20.8. The van der Waals surface area contributed by atoms with Crippen LogP contribution in [0.3, 0.4) is 0 Å². The molecule has 2 aliphatic heterocycles. The molecule has 2 aromatic rings. The number of carbonyl (C=O) groups is 2. The zero-order chi connectivity index (χ0) is 24.5. The number of nitrogens with zero attached hydrogens (tertiary/aromatic N) is 1. The molecule has 0 atom stereocenters. The number of anilines is 1. The number of hydrogen-bond acceptors (Lipinski definition) is 5. The van der Waals surface area contributed by atoms with Crippen molar-refractivity contribution in [1.82, 2.24) is 0 Å². The second-order valence-corrected chi connectivity index (χ2v) is 11.8. The van der Waals surface area contributed by atoms with Gasteiger partial charge in [-0.05, 0) is 41.9 Å². The van der Waals surface area contributed by atoms with Crippen LogP contribution in [0.2, 0.25) is 0 Å². The fourth-order valence-electron chi connectivity index (χ4n) is 6.34. The van der Waals surface area contributed by atoms with Crippen molar-refractivity contribution in [2.24, 2.45) is 10.8 Å². The molecule has 0 spiro atoms. The van der Waals surface area contributed by atoms with Gasteiger partial charge in [0.2, 0.25) is 6.79 Å². The first-order valence-electron chi connectivity index (χ1n) is 12.4. The molecule has 0 unspecified atom stereocenters. The Morgan fingerprint density at radius 1 is 0.743 bits per heavy atom. The lowest BCUT2D eigenvalue weighted by Crippen LogP contribution is -2.44. The highest BCUT2D eigenvalue weighted by atomic mass is 16.7. The van der Waals surface area contributed by atoms with E-state index in [1.54, 1.807) is 0 Å². The number of allylic oxidation sites excluding steroid dienone is 4. The summed E-state index contributed by atoms with van der Waals surface area (Å²) in [6.07, 6.45) is 2.44. The van der Waals surface area contributed by atoms with Crippen LogP contribution >= 0.6 is 0 Å². The minimum Gasteiger partial charge on any atom is -0.454 e. The summed E-state index contributed by atoms with van der Waals surface area (Å²) in [5.74, 6) is 1.11. The first-order chi connectivity index (χ1) is 16.7. The molecule has 5 heteroatoms. The van der Waals surface area contributed by atoms with Gasteiger partial charge in [-0.15, -0.1) is 0 Å². The summed E-state index contributed by atoms with van der Waals surface area (Å²) in [6.45, 7) is 8.77. The van der Waals surface area contributed by atoms with Crippen molar-refractivity contribution in [3.05, 3.63) is 76.6 Å². The first-order valence-corrected chi connectivity index (χ1v) is 12.4. The molecule has 0 N–H and O–H groups in total. The third-order valence-electron chi connectivity index (χ3n) is 7.66. The molecule has 2 aromatic carbocycles. The lowest BCUT2D eigenvalue weighted by molar-refractivity contribution is -0.119. The maximum Gasteiger partial charge on any atom is 0.231 e. The van der Waals surface area contributed by atoms with Gasteiger partial charge < -0.3 is 14.4 Å². The van der Waals surface area contributed by atoms with Crippen LogP contribution in [-0.2, 0) is 9.59 Å². The summed E-state index contributed by atoms with van der Waals surface area (Å²) in [6, 6.07) is 16.0. The number of rotatable bonds is 2. The quantitative estimate of drug-likeness (QED) is 0.516. The van der Waals surface area contributed by atoms with E-state index in [0.29, 0.717) is 24.3 Å². The largest absolute Gasteiger partial charge is 0.454 e. The molecule has 0 aromatic heterocycles. The van der Waals surface area contributed by atoms with Gasteiger partial charge in [0.15, 0.2) is 23.1 Å². The standard InChI is InChI=1S/C30H31NO4/c1-29(2)13-20-26(22(32)15-29)25(19-11-8-12-24-28(19)35-17-34-24)27-21(14-30(3,4)16-23(27)33)31(20)18-9-6-5-7-10-18/h5-12,25H,13-17H2,1-4H3. The van der Waals surface area contributed by atoms with Crippen LogP contribution in [0.4, 0.5) is 5.69 Å². The molecule has 0 radical (unpaired) electrons. The van der Waals surface area contributed by atoms with Gasteiger partial charge in [-0.25, -0.2) is 0 Å². The van der Waals surface area contributed by atoms with Crippen LogP contribution in [0.5, 0.6) is 11.5 Å². The number of Topliss-reactive ketones (excluding diaryl/α,β-unsaturated/α-hetero) is 2. The lowest BCUT2D eigenvalue weighted by Gasteiger charge is -2.49. The third-order valence-corrected chi connectivity index (χ3v) is 7.66. The molecule has 180 valence electrons. The van der Waals surface area contributed by atoms with Crippen molar-refractivity contribution in [2.45, 2.75) is 59.3 Å². The molecule has 35 heavy (non-hydrogen) atoms. The summed E-state index contributed by atoms with van der Waals surface area (Å²) >= 11 is 0. The predicted molar refractivity (Wildman–Crippen MR) is 134 cm³/mol. The Labute approximate surface area is 206 Å². The van der Waals surface area contributed by atoms with Crippen LogP contribution < -0.4 is 14.4 Å². The maximum absolute atomic E-state index is 13.9. The van der Waals surface area contributed by atoms with E-state index in [-0.39, 0.29) is 29.2 Å². The van der Waals surface area contributed by atoms with Gasteiger partial charge in [-0.3, -0.25) is 9.59 Å². The normalized spacial score (nSPS) is 22.9. The van der Waals surface area contributed by atoms with E-state index in [1.165, 1.54) is 0 Å². The highest BCUT2D eigenvalue weighted by Gasteiger charge is 2.50. The Balaban J connectivity index is 1.67. The first kappa shape index (κ1) is 22.1. The highest BCUT2D eigenvalue weighted by molar-refractivity contribution is 6.08. The van der Waals surface area contributed by atoms with Crippen molar-refractivity contribution in [1.29, 1.82) is 0 Å². The summed E-state index contributed by atoms with van der Waals surface area (Å²) in [5.41, 5.74) is 5.03. The van der Waals surface area contributed by atoms with E-state index >= 15 is 0 Å². The number of carbonyl (C=O) groups excluding carboxylic acids is 2. The van der Waals surface area contributed by atoms with E-state index in [9.17, 15) is 9.59 Å². The smallest absolute Gasteiger partial charge is 0.231 e. The van der Waals surface area contributed by atoms with Crippen molar-refractivity contribution >= 4 is 17.3 Å². The van der Waals surface area contributed by atoms with Crippen molar-refractivity contribution in [2.75, 3.05) is 11.7 Å². The average Bonchev–Trinajstić information content (AvgIpc) is 3.26. The van der Waals surface area contributed by atoms with Gasteiger partial charge in [-0.2, -0.15) is 0 Å². The summed E-state index contributed by atoms with van der Waals surface area (Å²) < 4.78 is 11.6. The minimum absolute atomic E-state index is 0.114. The van der Waals surface area contributed by atoms with Crippen molar-refractivity contribution in [3.8, 4) is 11.5 Å². The summed E-state index contributed by atoms with van der Waals surface area (Å²) in [7, 11) is 0. The van der Waals surface area contributed by atoms with Crippen LogP contribution in [0.15, 0.2) is 71.1 Å². The Morgan fingerprint density at radius 2 is 1.34 bits per heavy atom. The third kappa shape index (κ3) is 3.51. The SMILES string of the molecule is CC1(C)CC(=O)C2=C(C1)N(c1ccccc1)C1=C(C(=O)CC(C)(C)C1)C2c1cccc2c1OCO2. The number of fused-ring (bicyclic) bond motifs is 1. The second-order valence-electron chi connectivity index (χ2n) is 11.8. The molecule has 0 saturated heterocycles. The Morgan fingerprint density at radius 3 is 1.94 bits per heavy atom. The molecule has 4 aliphatic rings. The molecule has 2 aliphatic carbocycles. The van der Waals surface area contributed by atoms with E-state index < -0.39 is 5.92 Å². The fraction of sp³-hybridized carbons (Fsp3) is 0.400. The monoisotopic (exact) mass is 469 g/mol. The highest BCUT2D eigenvalue weighted by Crippen LogP contribution is 2.57. The van der Waals surface area contributed by atoms with Crippen LogP contribution in [0.1, 0.15) is 64.9 Å². The van der Waals surface area contributed by atoms with Crippen LogP contribution in [-0.4, -0.2) is 18.4 Å². The molecular weight excluding hydrogens is 438 g/mol. The minimum atomic E-state index is -0.441. The zero-order valence-corrected chi connectivity index (χ0v) is 20.8. The van der Waals surface area contributed by atoms with Crippen molar-refractivity contribution < 1.29 is 19.1 Å². The molecule has 0 bridgehead atoms. The Kier molecular flexibility index (Phi) is 4.79. The Hall–Kier alpha value is -3.34. The van der Waals surface area contributed by atoms with Gasteiger partial charge in [0, 0.05) is 52.6 Å². The Bertz CT molecular complexity index is 1260. The van der Waals surface area contributed by atoms with E-state index in [4.69, 9.17) is 9.47 Å². The molecule has 0 amide bonds.